The Morgan fingerprint density at radius 2 is 2.00 bits per heavy atom. The van der Waals surface area contributed by atoms with Crippen LogP contribution < -0.4 is 10.1 Å². The van der Waals surface area contributed by atoms with Crippen molar-refractivity contribution < 1.29 is 4.74 Å². The van der Waals surface area contributed by atoms with Gasteiger partial charge in [-0.1, -0.05) is 24.6 Å². The van der Waals surface area contributed by atoms with Crippen LogP contribution in [0.2, 0.25) is 5.02 Å². The number of pyridine rings is 1. The van der Waals surface area contributed by atoms with Gasteiger partial charge in [0.25, 0.3) is 0 Å². The molecule has 0 bridgehead atoms. The number of rotatable bonds is 6. The fourth-order valence-electron chi connectivity index (χ4n) is 2.05. The van der Waals surface area contributed by atoms with Crippen molar-refractivity contribution >= 4 is 11.6 Å². The lowest BCUT2D eigenvalue weighted by atomic mass is 10.2. The van der Waals surface area contributed by atoms with E-state index in [0.717, 1.165) is 36.5 Å². The second kappa shape index (κ2) is 7.43. The van der Waals surface area contributed by atoms with Crippen LogP contribution in [0.25, 0.3) is 0 Å². The van der Waals surface area contributed by atoms with Crippen LogP contribution in [-0.4, -0.2) is 11.5 Å². The van der Waals surface area contributed by atoms with Gasteiger partial charge in [0.05, 0.1) is 0 Å². The molecule has 0 atom stereocenters. The second-order valence-corrected chi connectivity index (χ2v) is 5.52. The first kappa shape index (κ1) is 15.8. The Hall–Kier alpha value is -1.58. The maximum Gasteiger partial charge on any atom is 0.219 e. The van der Waals surface area contributed by atoms with Gasteiger partial charge in [0, 0.05) is 23.3 Å². The zero-order valence-corrected chi connectivity index (χ0v) is 13.5. The Bertz CT molecular complexity index is 614. The molecule has 3 nitrogen and oxygen atoms in total. The molecule has 2 aromatic rings. The summed E-state index contributed by atoms with van der Waals surface area (Å²) in [6.45, 7) is 7.99. The van der Waals surface area contributed by atoms with Crippen molar-refractivity contribution in [1.29, 1.82) is 0 Å². The highest BCUT2D eigenvalue weighted by atomic mass is 35.5. The summed E-state index contributed by atoms with van der Waals surface area (Å²) in [6.07, 6.45) is 1.13. The van der Waals surface area contributed by atoms with Crippen molar-refractivity contribution in [3.8, 4) is 11.6 Å². The van der Waals surface area contributed by atoms with E-state index in [1.807, 2.05) is 38.1 Å². The lowest BCUT2D eigenvalue weighted by Gasteiger charge is -2.11. The van der Waals surface area contributed by atoms with Gasteiger partial charge in [-0.15, -0.1) is 0 Å². The van der Waals surface area contributed by atoms with Gasteiger partial charge in [-0.3, -0.25) is 0 Å². The molecule has 2 rings (SSSR count). The first-order valence-electron chi connectivity index (χ1n) is 7.21. The van der Waals surface area contributed by atoms with Crippen LogP contribution in [0.1, 0.15) is 30.2 Å². The number of nitrogens with zero attached hydrogens (tertiary/aromatic N) is 1. The maximum absolute atomic E-state index is 5.95. The number of hydrogen-bond donors (Lipinski definition) is 1. The van der Waals surface area contributed by atoms with Gasteiger partial charge in [-0.25, -0.2) is 4.98 Å². The van der Waals surface area contributed by atoms with Crippen LogP contribution in [0.3, 0.4) is 0 Å². The quantitative estimate of drug-likeness (QED) is 0.789. The molecule has 1 N–H and O–H groups in total. The molecule has 4 heteroatoms. The summed E-state index contributed by atoms with van der Waals surface area (Å²) in [5.74, 6) is 1.39. The standard InChI is InChI=1S/C17H21ClN2O/c1-4-9-19-11-14-5-8-17(20-13(14)3)21-16-7-6-15(18)10-12(16)2/h5-8,10,19H,4,9,11H2,1-3H3. The van der Waals surface area contributed by atoms with Crippen LogP contribution in [0.4, 0.5) is 0 Å². The third kappa shape index (κ3) is 4.45. The van der Waals surface area contributed by atoms with Crippen LogP contribution in [0.15, 0.2) is 30.3 Å². The number of aryl methyl sites for hydroxylation is 2. The van der Waals surface area contributed by atoms with Crippen LogP contribution in [-0.2, 0) is 6.54 Å². The highest BCUT2D eigenvalue weighted by Crippen LogP contribution is 2.26. The smallest absolute Gasteiger partial charge is 0.219 e. The molecule has 21 heavy (non-hydrogen) atoms. The van der Waals surface area contributed by atoms with Crippen molar-refractivity contribution in [3.63, 3.8) is 0 Å². The molecule has 0 spiro atoms. The summed E-state index contributed by atoms with van der Waals surface area (Å²) >= 11 is 5.95. The van der Waals surface area contributed by atoms with E-state index < -0.39 is 0 Å². The molecular weight excluding hydrogens is 284 g/mol. The molecule has 1 aromatic carbocycles. The Morgan fingerprint density at radius 3 is 2.67 bits per heavy atom. The number of ether oxygens (including phenoxy) is 1. The molecule has 1 aromatic heterocycles. The van der Waals surface area contributed by atoms with E-state index in [2.05, 4.69) is 23.3 Å². The van der Waals surface area contributed by atoms with Crippen LogP contribution in [0.5, 0.6) is 11.6 Å². The molecule has 1 heterocycles. The zero-order chi connectivity index (χ0) is 15.2. The predicted octanol–water partition coefficient (Wildman–Crippen LogP) is 4.64. The topological polar surface area (TPSA) is 34.1 Å². The maximum atomic E-state index is 5.95. The molecule has 0 radical (unpaired) electrons. The van der Waals surface area contributed by atoms with Gasteiger partial charge in [-0.05, 0) is 56.1 Å². The normalized spacial score (nSPS) is 10.7. The number of halogens is 1. The highest BCUT2D eigenvalue weighted by Gasteiger charge is 2.06. The molecule has 0 aliphatic carbocycles. The first-order valence-corrected chi connectivity index (χ1v) is 7.59. The van der Waals surface area contributed by atoms with E-state index in [1.54, 1.807) is 0 Å². The van der Waals surface area contributed by atoms with E-state index in [0.29, 0.717) is 10.9 Å². The molecule has 0 aliphatic heterocycles. The third-order valence-electron chi connectivity index (χ3n) is 3.26. The third-order valence-corrected chi connectivity index (χ3v) is 3.50. The van der Waals surface area contributed by atoms with Gasteiger partial charge in [-0.2, -0.15) is 0 Å². The second-order valence-electron chi connectivity index (χ2n) is 5.08. The first-order chi connectivity index (χ1) is 10.1. The Kier molecular flexibility index (Phi) is 5.59. The summed E-state index contributed by atoms with van der Waals surface area (Å²) in [4.78, 5) is 4.52. The van der Waals surface area contributed by atoms with Gasteiger partial charge in [0.1, 0.15) is 5.75 Å². The summed E-state index contributed by atoms with van der Waals surface area (Å²) in [7, 11) is 0. The number of benzene rings is 1. The van der Waals surface area contributed by atoms with Crippen molar-refractivity contribution in [2.45, 2.75) is 33.7 Å². The van der Waals surface area contributed by atoms with E-state index in [-0.39, 0.29) is 0 Å². The van der Waals surface area contributed by atoms with Gasteiger partial charge < -0.3 is 10.1 Å². The molecule has 0 amide bonds. The largest absolute Gasteiger partial charge is 0.439 e. The monoisotopic (exact) mass is 304 g/mol. The fourth-order valence-corrected chi connectivity index (χ4v) is 2.28. The molecule has 0 saturated heterocycles. The summed E-state index contributed by atoms with van der Waals surface area (Å²) in [6, 6.07) is 9.54. The van der Waals surface area contributed by atoms with Crippen LogP contribution >= 0.6 is 11.6 Å². The Labute approximate surface area is 131 Å². The minimum absolute atomic E-state index is 0.608. The van der Waals surface area contributed by atoms with E-state index >= 15 is 0 Å². The number of aromatic nitrogens is 1. The van der Waals surface area contributed by atoms with Gasteiger partial charge >= 0.3 is 0 Å². The van der Waals surface area contributed by atoms with Crippen molar-refractivity contribution in [1.82, 2.24) is 10.3 Å². The molecule has 0 aliphatic rings. The van der Waals surface area contributed by atoms with Crippen molar-refractivity contribution in [2.24, 2.45) is 0 Å². The highest BCUT2D eigenvalue weighted by molar-refractivity contribution is 6.30. The minimum Gasteiger partial charge on any atom is -0.439 e. The van der Waals surface area contributed by atoms with Gasteiger partial charge in [0.15, 0.2) is 0 Å². The summed E-state index contributed by atoms with van der Waals surface area (Å²) < 4.78 is 5.84. The summed E-state index contributed by atoms with van der Waals surface area (Å²) in [5.41, 5.74) is 3.18. The Morgan fingerprint density at radius 1 is 1.19 bits per heavy atom. The number of nitrogens with one attached hydrogen (secondary N) is 1. The predicted molar refractivity (Wildman–Crippen MR) is 87.2 cm³/mol. The van der Waals surface area contributed by atoms with E-state index in [9.17, 15) is 0 Å². The lowest BCUT2D eigenvalue weighted by Crippen LogP contribution is -2.15. The molecular formula is C17H21ClN2O. The lowest BCUT2D eigenvalue weighted by molar-refractivity contribution is 0.457. The SMILES string of the molecule is CCCNCc1ccc(Oc2ccc(Cl)cc2C)nc1C. The van der Waals surface area contributed by atoms with E-state index in [4.69, 9.17) is 16.3 Å². The van der Waals surface area contributed by atoms with Crippen molar-refractivity contribution in [3.05, 3.63) is 52.2 Å². The molecule has 0 saturated carbocycles. The number of hydrogen-bond acceptors (Lipinski definition) is 3. The molecule has 0 fully saturated rings. The average molecular weight is 305 g/mol. The Balaban J connectivity index is 2.09. The summed E-state index contributed by atoms with van der Waals surface area (Å²) in [5, 5.41) is 4.09. The van der Waals surface area contributed by atoms with E-state index in [1.165, 1.54) is 5.56 Å². The van der Waals surface area contributed by atoms with Crippen molar-refractivity contribution in [2.75, 3.05) is 6.54 Å². The van der Waals surface area contributed by atoms with Crippen LogP contribution in [0, 0.1) is 13.8 Å². The fraction of sp³-hybridized carbons (Fsp3) is 0.353. The zero-order valence-electron chi connectivity index (χ0n) is 12.7. The average Bonchev–Trinajstić information content (AvgIpc) is 2.44. The molecule has 0 unspecified atom stereocenters. The molecule has 112 valence electrons. The minimum atomic E-state index is 0.608. The van der Waals surface area contributed by atoms with Gasteiger partial charge in [0.2, 0.25) is 5.88 Å².